The standard InChI is InChI=1S/C16H20O3/c17-16(14-9-13-7-8-15(14)19-13)10-1-3-11(4-2-10)18-12-5-6-12/h1-4,12-17H,5-9H2. The molecule has 1 aliphatic carbocycles. The Bertz CT molecular complexity index is 452. The van der Waals surface area contributed by atoms with Gasteiger partial charge >= 0.3 is 0 Å². The van der Waals surface area contributed by atoms with Gasteiger partial charge in [0.1, 0.15) is 5.75 Å². The maximum absolute atomic E-state index is 10.5. The first-order chi connectivity index (χ1) is 9.29. The molecule has 1 saturated carbocycles. The molecule has 0 spiro atoms. The van der Waals surface area contributed by atoms with E-state index >= 15 is 0 Å². The van der Waals surface area contributed by atoms with Crippen molar-refractivity contribution in [1.82, 2.24) is 0 Å². The summed E-state index contributed by atoms with van der Waals surface area (Å²) in [6.45, 7) is 0. The first kappa shape index (κ1) is 11.7. The van der Waals surface area contributed by atoms with Crippen LogP contribution in [0.1, 0.15) is 43.8 Å². The lowest BCUT2D eigenvalue weighted by atomic mass is 9.83. The van der Waals surface area contributed by atoms with Crippen LogP contribution in [-0.2, 0) is 4.74 Å². The smallest absolute Gasteiger partial charge is 0.119 e. The van der Waals surface area contributed by atoms with Crippen molar-refractivity contribution in [2.24, 2.45) is 5.92 Å². The molecule has 2 bridgehead atoms. The van der Waals surface area contributed by atoms with Crippen LogP contribution in [0.15, 0.2) is 24.3 Å². The minimum Gasteiger partial charge on any atom is -0.490 e. The van der Waals surface area contributed by atoms with E-state index in [0.717, 1.165) is 24.2 Å². The van der Waals surface area contributed by atoms with Gasteiger partial charge in [-0.3, -0.25) is 0 Å². The van der Waals surface area contributed by atoms with E-state index in [0.29, 0.717) is 12.2 Å². The molecule has 0 amide bonds. The second-order valence-corrected chi connectivity index (χ2v) is 6.10. The molecule has 2 heterocycles. The Hall–Kier alpha value is -1.06. The van der Waals surface area contributed by atoms with E-state index < -0.39 is 6.10 Å². The highest BCUT2D eigenvalue weighted by Gasteiger charge is 2.44. The number of benzene rings is 1. The molecular weight excluding hydrogens is 240 g/mol. The summed E-state index contributed by atoms with van der Waals surface area (Å²) in [7, 11) is 0. The van der Waals surface area contributed by atoms with E-state index in [-0.39, 0.29) is 12.0 Å². The first-order valence-electron chi connectivity index (χ1n) is 7.40. The topological polar surface area (TPSA) is 38.7 Å². The lowest BCUT2D eigenvalue weighted by Gasteiger charge is -2.24. The lowest BCUT2D eigenvalue weighted by molar-refractivity contribution is 0.0422. The van der Waals surface area contributed by atoms with E-state index in [2.05, 4.69) is 0 Å². The minimum atomic E-state index is -0.398. The van der Waals surface area contributed by atoms with Crippen molar-refractivity contribution < 1.29 is 14.6 Å². The van der Waals surface area contributed by atoms with Gasteiger partial charge in [0, 0.05) is 5.92 Å². The molecule has 3 nitrogen and oxygen atoms in total. The van der Waals surface area contributed by atoms with Crippen molar-refractivity contribution in [3.8, 4) is 5.75 Å². The van der Waals surface area contributed by atoms with Crippen molar-refractivity contribution in [2.75, 3.05) is 0 Å². The van der Waals surface area contributed by atoms with E-state index in [4.69, 9.17) is 9.47 Å². The second kappa shape index (κ2) is 4.50. The van der Waals surface area contributed by atoms with E-state index in [1.807, 2.05) is 24.3 Å². The van der Waals surface area contributed by atoms with Gasteiger partial charge in [0.15, 0.2) is 0 Å². The Morgan fingerprint density at radius 1 is 1.11 bits per heavy atom. The highest BCUT2D eigenvalue weighted by Crippen LogP contribution is 2.44. The summed E-state index contributed by atoms with van der Waals surface area (Å²) in [6, 6.07) is 7.94. The molecule has 0 aromatic heterocycles. The highest BCUT2D eigenvalue weighted by molar-refractivity contribution is 5.29. The normalized spacial score (nSPS) is 34.5. The zero-order valence-corrected chi connectivity index (χ0v) is 11.0. The summed E-state index contributed by atoms with van der Waals surface area (Å²) in [5.41, 5.74) is 0.990. The fraction of sp³-hybridized carbons (Fsp3) is 0.625. The van der Waals surface area contributed by atoms with Crippen molar-refractivity contribution >= 4 is 0 Å². The molecule has 0 radical (unpaired) electrons. The molecular formula is C16H20O3. The van der Waals surface area contributed by atoms with Crippen molar-refractivity contribution in [2.45, 2.75) is 56.5 Å². The zero-order chi connectivity index (χ0) is 12.8. The fourth-order valence-electron chi connectivity index (χ4n) is 3.38. The van der Waals surface area contributed by atoms with Gasteiger partial charge in [-0.2, -0.15) is 0 Å². The molecule has 4 atom stereocenters. The van der Waals surface area contributed by atoms with Crippen molar-refractivity contribution in [3.05, 3.63) is 29.8 Å². The van der Waals surface area contributed by atoms with Crippen LogP contribution in [0.25, 0.3) is 0 Å². The van der Waals surface area contributed by atoms with Crippen molar-refractivity contribution in [1.29, 1.82) is 0 Å². The van der Waals surface area contributed by atoms with Crippen molar-refractivity contribution in [3.63, 3.8) is 0 Å². The van der Waals surface area contributed by atoms with Crippen LogP contribution in [0.4, 0.5) is 0 Å². The number of ether oxygens (including phenoxy) is 2. The van der Waals surface area contributed by atoms with Gasteiger partial charge in [0.25, 0.3) is 0 Å². The van der Waals surface area contributed by atoms with Gasteiger partial charge in [-0.1, -0.05) is 12.1 Å². The fourth-order valence-corrected chi connectivity index (χ4v) is 3.38. The van der Waals surface area contributed by atoms with Gasteiger partial charge in [-0.15, -0.1) is 0 Å². The average Bonchev–Trinajstić information content (AvgIpc) is 3.01. The Labute approximate surface area is 113 Å². The molecule has 3 fully saturated rings. The third kappa shape index (κ3) is 2.26. The van der Waals surface area contributed by atoms with Gasteiger partial charge in [-0.05, 0) is 49.8 Å². The predicted molar refractivity (Wildman–Crippen MR) is 71.1 cm³/mol. The molecule has 2 saturated heterocycles. The largest absolute Gasteiger partial charge is 0.490 e. The van der Waals surface area contributed by atoms with Crippen LogP contribution in [0.5, 0.6) is 5.75 Å². The second-order valence-electron chi connectivity index (χ2n) is 6.10. The summed E-state index contributed by atoms with van der Waals surface area (Å²) < 4.78 is 11.6. The molecule has 1 aromatic carbocycles. The van der Waals surface area contributed by atoms with Crippen LogP contribution in [0, 0.1) is 5.92 Å². The zero-order valence-electron chi connectivity index (χ0n) is 11.0. The Morgan fingerprint density at radius 3 is 2.47 bits per heavy atom. The molecule has 1 aromatic rings. The number of rotatable bonds is 4. The van der Waals surface area contributed by atoms with Gasteiger partial charge in [0.2, 0.25) is 0 Å². The molecule has 1 N–H and O–H groups in total. The van der Waals surface area contributed by atoms with Gasteiger partial charge < -0.3 is 14.6 Å². The highest BCUT2D eigenvalue weighted by atomic mass is 16.5. The van der Waals surface area contributed by atoms with Crippen LogP contribution >= 0.6 is 0 Å². The Balaban J connectivity index is 1.45. The van der Waals surface area contributed by atoms with Crippen LogP contribution in [0.2, 0.25) is 0 Å². The van der Waals surface area contributed by atoms with E-state index in [1.165, 1.54) is 19.3 Å². The lowest BCUT2D eigenvalue weighted by Crippen LogP contribution is -2.23. The quantitative estimate of drug-likeness (QED) is 0.904. The van der Waals surface area contributed by atoms with Crippen LogP contribution in [0.3, 0.4) is 0 Å². The number of aliphatic hydroxyl groups excluding tert-OH is 1. The summed E-state index contributed by atoms with van der Waals surface area (Å²) in [5.74, 6) is 1.19. The third-order valence-electron chi connectivity index (χ3n) is 4.61. The van der Waals surface area contributed by atoms with Crippen LogP contribution in [-0.4, -0.2) is 23.4 Å². The maximum atomic E-state index is 10.5. The summed E-state index contributed by atoms with van der Waals surface area (Å²) in [6.07, 6.45) is 6.31. The van der Waals surface area contributed by atoms with Gasteiger partial charge in [0.05, 0.1) is 24.4 Å². The molecule has 3 heteroatoms. The molecule has 2 aliphatic heterocycles. The SMILES string of the molecule is OC(c1ccc(OC2CC2)cc1)C1CC2CCC1O2. The van der Waals surface area contributed by atoms with E-state index in [9.17, 15) is 5.11 Å². The molecule has 102 valence electrons. The minimum absolute atomic E-state index is 0.266. The summed E-state index contributed by atoms with van der Waals surface area (Å²) in [5, 5.41) is 10.5. The predicted octanol–water partition coefficient (Wildman–Crippen LogP) is 2.83. The van der Waals surface area contributed by atoms with E-state index in [1.54, 1.807) is 0 Å². The summed E-state index contributed by atoms with van der Waals surface area (Å²) >= 11 is 0. The maximum Gasteiger partial charge on any atom is 0.119 e. The number of hydrogen-bond acceptors (Lipinski definition) is 3. The summed E-state index contributed by atoms with van der Waals surface area (Å²) in [4.78, 5) is 0. The van der Waals surface area contributed by atoms with Gasteiger partial charge in [-0.25, -0.2) is 0 Å². The average molecular weight is 260 g/mol. The molecule has 19 heavy (non-hydrogen) atoms. The van der Waals surface area contributed by atoms with Crippen LogP contribution < -0.4 is 4.74 Å². The molecule has 4 unspecified atom stereocenters. The Kier molecular flexibility index (Phi) is 2.78. The third-order valence-corrected chi connectivity index (χ3v) is 4.61. The monoisotopic (exact) mass is 260 g/mol. The number of hydrogen-bond donors (Lipinski definition) is 1. The Morgan fingerprint density at radius 2 is 1.89 bits per heavy atom. The first-order valence-corrected chi connectivity index (χ1v) is 7.40. The number of aliphatic hydroxyl groups is 1. The number of fused-ring (bicyclic) bond motifs is 2. The molecule has 3 aliphatic rings. The molecule has 4 rings (SSSR count).